The van der Waals surface area contributed by atoms with Gasteiger partial charge in [0.25, 0.3) is 0 Å². The van der Waals surface area contributed by atoms with E-state index in [-0.39, 0.29) is 21.9 Å². The van der Waals surface area contributed by atoms with E-state index in [1.165, 1.54) is 45.5 Å². The fraction of sp³-hybridized carbons (Fsp3) is 0.611. The van der Waals surface area contributed by atoms with Crippen molar-refractivity contribution in [1.29, 1.82) is 0 Å². The summed E-state index contributed by atoms with van der Waals surface area (Å²) in [5.41, 5.74) is 0.429. The van der Waals surface area contributed by atoms with Crippen LogP contribution >= 0.6 is 11.6 Å². The lowest BCUT2D eigenvalue weighted by Gasteiger charge is -2.29. The predicted molar refractivity (Wildman–Crippen MR) is 105 cm³/mol. The summed E-state index contributed by atoms with van der Waals surface area (Å²) in [6.45, 7) is 3.72. The monoisotopic (exact) mass is 401 g/mol. The molecule has 1 unspecified atom stereocenters. The van der Waals surface area contributed by atoms with E-state index in [1.807, 2.05) is 6.92 Å². The molecule has 1 aromatic carbocycles. The zero-order valence-electron chi connectivity index (χ0n) is 15.7. The molecular weight excluding hydrogens is 374 g/mol. The van der Waals surface area contributed by atoms with E-state index in [1.54, 1.807) is 6.07 Å². The van der Waals surface area contributed by atoms with Crippen LogP contribution in [0.3, 0.4) is 0 Å². The van der Waals surface area contributed by atoms with Crippen LogP contribution < -0.4 is 5.32 Å². The number of anilines is 1. The molecule has 0 aliphatic carbocycles. The number of sulfonamides is 1. The maximum Gasteiger partial charge on any atom is 0.244 e. The Morgan fingerprint density at radius 2 is 1.73 bits per heavy atom. The first-order valence-corrected chi connectivity index (χ1v) is 10.8. The quantitative estimate of drug-likeness (QED) is 0.822. The first kappa shape index (κ1) is 21.2. The minimum atomic E-state index is -3.68. The summed E-state index contributed by atoms with van der Waals surface area (Å²) >= 11 is 6.05. The van der Waals surface area contributed by atoms with Crippen LogP contribution in [0, 0.1) is 0 Å². The molecule has 0 spiro atoms. The number of halogens is 1. The zero-order chi connectivity index (χ0) is 19.3. The summed E-state index contributed by atoms with van der Waals surface area (Å²) in [4.78, 5) is 14.8. The third-order valence-corrected chi connectivity index (χ3v) is 7.07. The second kappa shape index (κ2) is 9.17. The van der Waals surface area contributed by atoms with Gasteiger partial charge in [0, 0.05) is 19.8 Å². The van der Waals surface area contributed by atoms with Gasteiger partial charge in [0.15, 0.2) is 0 Å². The largest absolute Gasteiger partial charge is 0.325 e. The number of amides is 1. The molecule has 26 heavy (non-hydrogen) atoms. The summed E-state index contributed by atoms with van der Waals surface area (Å²) in [6, 6.07) is 4.26. The number of benzene rings is 1. The fourth-order valence-electron chi connectivity index (χ4n) is 3.05. The van der Waals surface area contributed by atoms with Crippen LogP contribution in [0.15, 0.2) is 23.1 Å². The molecular formula is C18H28ClN3O3S. The Morgan fingerprint density at radius 1 is 1.15 bits per heavy atom. The van der Waals surface area contributed by atoms with Gasteiger partial charge in [-0.3, -0.25) is 9.69 Å². The van der Waals surface area contributed by atoms with Gasteiger partial charge in [-0.25, -0.2) is 12.7 Å². The molecule has 1 saturated heterocycles. The van der Waals surface area contributed by atoms with Crippen molar-refractivity contribution in [3.8, 4) is 0 Å². The van der Waals surface area contributed by atoms with Gasteiger partial charge in [-0.15, -0.1) is 0 Å². The second-order valence-corrected chi connectivity index (χ2v) is 9.43. The van der Waals surface area contributed by atoms with E-state index in [0.29, 0.717) is 5.69 Å². The second-order valence-electron chi connectivity index (χ2n) is 6.90. The molecule has 1 aromatic rings. The minimum Gasteiger partial charge on any atom is -0.325 e. The first-order valence-electron chi connectivity index (χ1n) is 9.00. The number of hydrogen-bond acceptors (Lipinski definition) is 4. The molecule has 0 bridgehead atoms. The molecule has 0 radical (unpaired) electrons. The first-order chi connectivity index (χ1) is 12.2. The van der Waals surface area contributed by atoms with Crippen LogP contribution in [0.2, 0.25) is 5.02 Å². The third kappa shape index (κ3) is 5.19. The normalized spacial score (nSPS) is 18.2. The van der Waals surface area contributed by atoms with Crippen molar-refractivity contribution in [1.82, 2.24) is 9.21 Å². The van der Waals surface area contributed by atoms with Crippen LogP contribution in [-0.4, -0.2) is 56.8 Å². The number of nitrogens with zero attached hydrogens (tertiary/aromatic N) is 2. The van der Waals surface area contributed by atoms with Crippen LogP contribution in [0.1, 0.15) is 39.0 Å². The summed E-state index contributed by atoms with van der Waals surface area (Å²) in [6.07, 6.45) is 5.87. The number of carbonyl (C=O) groups is 1. The summed E-state index contributed by atoms with van der Waals surface area (Å²) in [5.74, 6) is -0.138. The van der Waals surface area contributed by atoms with Gasteiger partial charge in [-0.05, 0) is 51.1 Å². The van der Waals surface area contributed by atoms with Crippen molar-refractivity contribution in [3.05, 3.63) is 23.2 Å². The molecule has 1 fully saturated rings. The van der Waals surface area contributed by atoms with Crippen LogP contribution in [0.5, 0.6) is 0 Å². The fourth-order valence-corrected chi connectivity index (χ4v) is 4.44. The molecule has 1 atom stereocenters. The van der Waals surface area contributed by atoms with Crippen molar-refractivity contribution in [2.75, 3.05) is 32.5 Å². The Kier molecular flexibility index (Phi) is 7.46. The van der Waals surface area contributed by atoms with Gasteiger partial charge in [-0.1, -0.05) is 30.9 Å². The highest BCUT2D eigenvalue weighted by Gasteiger charge is 2.24. The molecule has 1 N–H and O–H groups in total. The topological polar surface area (TPSA) is 69.7 Å². The Bertz CT molecular complexity index is 729. The van der Waals surface area contributed by atoms with Crippen LogP contribution in [-0.2, 0) is 14.8 Å². The van der Waals surface area contributed by atoms with E-state index in [4.69, 9.17) is 11.6 Å². The molecule has 2 rings (SSSR count). The van der Waals surface area contributed by atoms with E-state index >= 15 is 0 Å². The lowest BCUT2D eigenvalue weighted by atomic mass is 10.1. The number of rotatable bonds is 5. The average molecular weight is 402 g/mol. The van der Waals surface area contributed by atoms with Gasteiger partial charge in [0.2, 0.25) is 15.9 Å². The third-order valence-electron chi connectivity index (χ3n) is 4.78. The maximum atomic E-state index is 12.6. The Hall–Kier alpha value is -1.15. The number of carbonyl (C=O) groups excluding carboxylic acids is 1. The average Bonchev–Trinajstić information content (AvgIpc) is 2.55. The van der Waals surface area contributed by atoms with Gasteiger partial charge < -0.3 is 5.32 Å². The number of nitrogens with one attached hydrogen (secondary N) is 1. The van der Waals surface area contributed by atoms with Crippen LogP contribution in [0.25, 0.3) is 0 Å². The van der Waals surface area contributed by atoms with E-state index in [9.17, 15) is 13.2 Å². The molecule has 8 heteroatoms. The van der Waals surface area contributed by atoms with Crippen molar-refractivity contribution in [3.63, 3.8) is 0 Å². The van der Waals surface area contributed by atoms with E-state index in [2.05, 4.69) is 10.2 Å². The summed E-state index contributed by atoms with van der Waals surface area (Å²) in [5, 5.41) is 2.96. The van der Waals surface area contributed by atoms with Crippen molar-refractivity contribution < 1.29 is 13.2 Å². The van der Waals surface area contributed by atoms with Gasteiger partial charge >= 0.3 is 0 Å². The van der Waals surface area contributed by atoms with Crippen molar-refractivity contribution >= 4 is 33.2 Å². The maximum absolute atomic E-state index is 12.6. The predicted octanol–water partition coefficient (Wildman–Crippen LogP) is 3.18. The standard InChI is InChI=1S/C18H28ClN3O3S/c1-14(22-11-7-5-4-6-8-12-22)18(23)20-15-9-10-16(19)17(13-15)26(24,25)21(2)3/h9-10,13-14H,4-8,11-12H2,1-3H3,(H,20,23). The van der Waals surface area contributed by atoms with E-state index < -0.39 is 10.0 Å². The molecule has 1 aliphatic heterocycles. The van der Waals surface area contributed by atoms with Crippen molar-refractivity contribution in [2.24, 2.45) is 0 Å². The highest BCUT2D eigenvalue weighted by Crippen LogP contribution is 2.27. The summed E-state index contributed by atoms with van der Waals surface area (Å²) in [7, 11) is -0.785. The molecule has 6 nitrogen and oxygen atoms in total. The smallest absolute Gasteiger partial charge is 0.244 e. The molecule has 0 saturated carbocycles. The molecule has 1 aliphatic rings. The Balaban J connectivity index is 2.13. The molecule has 146 valence electrons. The molecule has 1 amide bonds. The SMILES string of the molecule is CC(C(=O)Nc1ccc(Cl)c(S(=O)(=O)N(C)C)c1)N1CCCCCCC1. The molecule has 0 aromatic heterocycles. The lowest BCUT2D eigenvalue weighted by Crippen LogP contribution is -2.43. The van der Waals surface area contributed by atoms with Gasteiger partial charge in [0.1, 0.15) is 4.90 Å². The summed E-state index contributed by atoms with van der Waals surface area (Å²) < 4.78 is 25.8. The Labute approximate surface area is 161 Å². The Morgan fingerprint density at radius 3 is 2.31 bits per heavy atom. The van der Waals surface area contributed by atoms with Crippen LogP contribution in [0.4, 0.5) is 5.69 Å². The molecule has 1 heterocycles. The number of likely N-dealkylation sites (tertiary alicyclic amines) is 1. The van der Waals surface area contributed by atoms with E-state index in [0.717, 1.165) is 30.2 Å². The number of hydrogen-bond donors (Lipinski definition) is 1. The van der Waals surface area contributed by atoms with Crippen molar-refractivity contribution in [2.45, 2.75) is 50.0 Å². The zero-order valence-corrected chi connectivity index (χ0v) is 17.2. The highest BCUT2D eigenvalue weighted by molar-refractivity contribution is 7.89. The van der Waals surface area contributed by atoms with Gasteiger partial charge in [-0.2, -0.15) is 0 Å². The minimum absolute atomic E-state index is 0.0131. The van der Waals surface area contributed by atoms with Gasteiger partial charge in [0.05, 0.1) is 11.1 Å². The lowest BCUT2D eigenvalue weighted by molar-refractivity contribution is -0.120. The highest BCUT2D eigenvalue weighted by atomic mass is 35.5.